The maximum Gasteiger partial charge on any atom is 0.191 e. The molecule has 0 fully saturated rings. The van der Waals surface area contributed by atoms with Crippen LogP contribution >= 0.6 is 0 Å². The first-order valence-electron chi connectivity index (χ1n) is 9.86. The molecule has 0 aliphatic heterocycles. The molecular formula is C22H32N4O2. The molecule has 2 rings (SSSR count). The van der Waals surface area contributed by atoms with Crippen LogP contribution in [0.2, 0.25) is 0 Å². The summed E-state index contributed by atoms with van der Waals surface area (Å²) >= 11 is 0. The first kappa shape index (κ1) is 21.7. The zero-order chi connectivity index (χ0) is 20.4. The Labute approximate surface area is 168 Å². The molecule has 1 unspecified atom stereocenters. The second-order valence-electron chi connectivity index (χ2n) is 6.96. The lowest BCUT2D eigenvalue weighted by molar-refractivity contribution is 0.186. The van der Waals surface area contributed by atoms with Crippen LogP contribution < -0.4 is 15.4 Å². The summed E-state index contributed by atoms with van der Waals surface area (Å²) in [6.45, 7) is 9.76. The van der Waals surface area contributed by atoms with Crippen molar-refractivity contribution in [3.63, 3.8) is 0 Å². The molecule has 0 spiro atoms. The number of guanidine groups is 1. The molecular weight excluding hydrogens is 352 g/mol. The zero-order valence-electron chi connectivity index (χ0n) is 17.3. The smallest absolute Gasteiger partial charge is 0.191 e. The monoisotopic (exact) mass is 384 g/mol. The van der Waals surface area contributed by atoms with E-state index in [1.54, 1.807) is 0 Å². The van der Waals surface area contributed by atoms with Gasteiger partial charge in [0, 0.05) is 25.0 Å². The highest BCUT2D eigenvalue weighted by Crippen LogP contribution is 2.19. The Morgan fingerprint density at radius 2 is 1.89 bits per heavy atom. The summed E-state index contributed by atoms with van der Waals surface area (Å²) in [4.78, 5) is 8.82. The van der Waals surface area contributed by atoms with Gasteiger partial charge in [0.1, 0.15) is 5.75 Å². The van der Waals surface area contributed by atoms with E-state index in [-0.39, 0.29) is 12.6 Å². The molecule has 0 aliphatic carbocycles. The molecule has 0 saturated heterocycles. The molecule has 0 saturated carbocycles. The molecule has 6 nitrogen and oxygen atoms in total. The molecule has 0 amide bonds. The van der Waals surface area contributed by atoms with Crippen LogP contribution in [0.1, 0.15) is 43.7 Å². The third kappa shape index (κ3) is 7.56. The molecule has 1 aromatic heterocycles. The fourth-order valence-corrected chi connectivity index (χ4v) is 2.64. The summed E-state index contributed by atoms with van der Waals surface area (Å²) in [5.74, 6) is 1.50. The molecule has 0 bridgehead atoms. The van der Waals surface area contributed by atoms with Crippen molar-refractivity contribution in [2.45, 2.75) is 46.3 Å². The average molecular weight is 385 g/mol. The normalized spacial score (nSPS) is 12.7. The van der Waals surface area contributed by atoms with Gasteiger partial charge in [0.05, 0.1) is 18.8 Å². The Bertz CT molecular complexity index is 727. The summed E-state index contributed by atoms with van der Waals surface area (Å²) in [7, 11) is 0. The van der Waals surface area contributed by atoms with Gasteiger partial charge in [-0.25, -0.2) is 0 Å². The molecule has 0 aliphatic rings. The van der Waals surface area contributed by atoms with E-state index < -0.39 is 6.10 Å². The van der Waals surface area contributed by atoms with Crippen LogP contribution in [0.4, 0.5) is 0 Å². The molecule has 1 atom stereocenters. The van der Waals surface area contributed by atoms with Crippen molar-refractivity contribution >= 4 is 5.96 Å². The van der Waals surface area contributed by atoms with Crippen molar-refractivity contribution in [3.05, 3.63) is 59.4 Å². The van der Waals surface area contributed by atoms with Gasteiger partial charge in [-0.3, -0.25) is 9.98 Å². The van der Waals surface area contributed by atoms with Crippen LogP contribution in [0.3, 0.4) is 0 Å². The van der Waals surface area contributed by atoms with E-state index >= 15 is 0 Å². The number of hydrogen-bond donors (Lipinski definition) is 3. The highest BCUT2D eigenvalue weighted by Gasteiger charge is 2.08. The van der Waals surface area contributed by atoms with Gasteiger partial charge in [0.2, 0.25) is 0 Å². The van der Waals surface area contributed by atoms with E-state index in [2.05, 4.69) is 26.7 Å². The summed E-state index contributed by atoms with van der Waals surface area (Å²) in [6.07, 6.45) is 2.23. The number of aliphatic hydroxyl groups excluding tert-OH is 1. The van der Waals surface area contributed by atoms with Crippen molar-refractivity contribution in [2.75, 3.05) is 19.6 Å². The minimum atomic E-state index is -0.662. The standard InChI is InChI=1S/C22H32N4O2/c1-5-23-22(24-13-12-18-7-6-17(4)25-14-18)26-15-21(27)19-8-10-20(11-9-19)28-16(2)3/h6-11,14,16,21,27H,5,12-13,15H2,1-4H3,(H2,23,24,26). The number of ether oxygens (including phenoxy) is 1. The summed E-state index contributed by atoms with van der Waals surface area (Å²) in [5, 5.41) is 16.9. The molecule has 28 heavy (non-hydrogen) atoms. The number of aromatic nitrogens is 1. The maximum absolute atomic E-state index is 10.4. The first-order chi connectivity index (χ1) is 13.5. The average Bonchev–Trinajstić information content (AvgIpc) is 2.67. The van der Waals surface area contributed by atoms with Crippen LogP contribution in [-0.2, 0) is 6.42 Å². The van der Waals surface area contributed by atoms with Gasteiger partial charge in [0.25, 0.3) is 0 Å². The van der Waals surface area contributed by atoms with E-state index in [1.165, 1.54) is 5.56 Å². The molecule has 1 aromatic carbocycles. The molecule has 2 aromatic rings. The SMILES string of the molecule is CCNC(=NCC(O)c1ccc(OC(C)C)cc1)NCCc1ccc(C)nc1. The van der Waals surface area contributed by atoms with Gasteiger partial charge in [-0.05, 0) is 63.4 Å². The molecule has 3 N–H and O–H groups in total. The van der Waals surface area contributed by atoms with Crippen LogP contribution in [-0.4, -0.2) is 41.8 Å². The van der Waals surface area contributed by atoms with Crippen molar-refractivity contribution in [1.82, 2.24) is 15.6 Å². The van der Waals surface area contributed by atoms with Crippen LogP contribution in [0, 0.1) is 6.92 Å². The molecule has 152 valence electrons. The second-order valence-corrected chi connectivity index (χ2v) is 6.96. The van der Waals surface area contributed by atoms with Gasteiger partial charge in [0.15, 0.2) is 5.96 Å². The second kappa shape index (κ2) is 11.3. The summed E-state index contributed by atoms with van der Waals surface area (Å²) in [6, 6.07) is 11.6. The topological polar surface area (TPSA) is 78.8 Å². The van der Waals surface area contributed by atoms with E-state index in [1.807, 2.05) is 64.2 Å². The Balaban J connectivity index is 1.87. The Morgan fingerprint density at radius 1 is 1.14 bits per heavy atom. The molecule has 6 heteroatoms. The van der Waals surface area contributed by atoms with E-state index in [9.17, 15) is 5.11 Å². The third-order valence-corrected chi connectivity index (χ3v) is 4.08. The van der Waals surface area contributed by atoms with Crippen molar-refractivity contribution in [2.24, 2.45) is 4.99 Å². The largest absolute Gasteiger partial charge is 0.491 e. The van der Waals surface area contributed by atoms with Crippen LogP contribution in [0.15, 0.2) is 47.6 Å². The summed E-state index contributed by atoms with van der Waals surface area (Å²) < 4.78 is 5.63. The lowest BCUT2D eigenvalue weighted by Gasteiger charge is -2.14. The van der Waals surface area contributed by atoms with Gasteiger partial charge in [-0.1, -0.05) is 18.2 Å². The number of benzene rings is 1. The highest BCUT2D eigenvalue weighted by atomic mass is 16.5. The minimum absolute atomic E-state index is 0.129. The zero-order valence-corrected chi connectivity index (χ0v) is 17.3. The first-order valence-corrected chi connectivity index (χ1v) is 9.86. The Morgan fingerprint density at radius 3 is 2.50 bits per heavy atom. The van der Waals surface area contributed by atoms with E-state index in [4.69, 9.17) is 4.74 Å². The predicted molar refractivity (Wildman–Crippen MR) is 114 cm³/mol. The van der Waals surface area contributed by atoms with Gasteiger partial charge < -0.3 is 20.5 Å². The number of rotatable bonds is 9. The predicted octanol–water partition coefficient (Wildman–Crippen LogP) is 3.01. The van der Waals surface area contributed by atoms with Gasteiger partial charge >= 0.3 is 0 Å². The van der Waals surface area contributed by atoms with Crippen LogP contribution in [0.5, 0.6) is 5.75 Å². The highest BCUT2D eigenvalue weighted by molar-refractivity contribution is 5.79. The molecule has 1 heterocycles. The van der Waals surface area contributed by atoms with Gasteiger partial charge in [-0.2, -0.15) is 0 Å². The third-order valence-electron chi connectivity index (χ3n) is 4.08. The number of nitrogens with one attached hydrogen (secondary N) is 2. The van der Waals surface area contributed by atoms with E-state index in [0.29, 0.717) is 5.96 Å². The Kier molecular flexibility index (Phi) is 8.75. The summed E-state index contributed by atoms with van der Waals surface area (Å²) in [5.41, 5.74) is 3.02. The number of hydrogen-bond acceptors (Lipinski definition) is 4. The fourth-order valence-electron chi connectivity index (χ4n) is 2.64. The fraction of sp³-hybridized carbons (Fsp3) is 0.455. The van der Waals surface area contributed by atoms with Crippen LogP contribution in [0.25, 0.3) is 0 Å². The number of aliphatic hydroxyl groups is 1. The van der Waals surface area contributed by atoms with Crippen molar-refractivity contribution < 1.29 is 9.84 Å². The van der Waals surface area contributed by atoms with E-state index in [0.717, 1.165) is 36.5 Å². The number of pyridine rings is 1. The lowest BCUT2D eigenvalue weighted by atomic mass is 10.1. The van der Waals surface area contributed by atoms with Gasteiger partial charge in [-0.15, -0.1) is 0 Å². The number of aryl methyl sites for hydroxylation is 1. The molecule has 0 radical (unpaired) electrons. The Hall–Kier alpha value is -2.60. The number of aliphatic imine (C=N–C) groups is 1. The van der Waals surface area contributed by atoms with Crippen molar-refractivity contribution in [1.29, 1.82) is 0 Å². The lowest BCUT2D eigenvalue weighted by Crippen LogP contribution is -2.38. The minimum Gasteiger partial charge on any atom is -0.491 e. The number of nitrogens with zero attached hydrogens (tertiary/aromatic N) is 2. The quantitative estimate of drug-likeness (QED) is 0.458. The maximum atomic E-state index is 10.4. The van der Waals surface area contributed by atoms with Crippen molar-refractivity contribution in [3.8, 4) is 5.75 Å².